The van der Waals surface area contributed by atoms with E-state index in [-0.39, 0.29) is 0 Å². The summed E-state index contributed by atoms with van der Waals surface area (Å²) < 4.78 is 6.83. The maximum Gasteiger partial charge on any atom is 0.145 e. The molecular formula is C10H10ClN3O. The third kappa shape index (κ3) is 1.89. The number of halogens is 1. The largest absolute Gasteiger partial charge is 0.494 e. The molecule has 5 heteroatoms. The van der Waals surface area contributed by atoms with Crippen molar-refractivity contribution in [2.75, 3.05) is 12.8 Å². The Bertz CT molecular complexity index is 481. The summed E-state index contributed by atoms with van der Waals surface area (Å²) in [5.41, 5.74) is 6.31. The van der Waals surface area contributed by atoms with Crippen LogP contribution in [-0.4, -0.2) is 16.9 Å². The summed E-state index contributed by atoms with van der Waals surface area (Å²) in [6.45, 7) is 0. The Hall–Kier alpha value is -1.68. The molecule has 0 unspecified atom stereocenters. The minimum Gasteiger partial charge on any atom is -0.494 e. The van der Waals surface area contributed by atoms with Crippen LogP contribution in [0.1, 0.15) is 0 Å². The number of rotatable bonds is 2. The molecule has 0 aliphatic rings. The number of benzene rings is 1. The van der Waals surface area contributed by atoms with E-state index in [4.69, 9.17) is 22.1 Å². The SMILES string of the molecule is COc1ccc(Cl)cc1-n1ccc(N)n1. The van der Waals surface area contributed by atoms with Gasteiger partial charge in [-0.3, -0.25) is 0 Å². The van der Waals surface area contributed by atoms with E-state index in [0.717, 1.165) is 5.69 Å². The lowest BCUT2D eigenvalue weighted by molar-refractivity contribution is 0.412. The minimum absolute atomic E-state index is 0.456. The number of ether oxygens (including phenoxy) is 1. The fourth-order valence-corrected chi connectivity index (χ4v) is 1.48. The molecule has 0 bridgehead atoms. The molecule has 2 rings (SSSR count). The number of nitrogen functional groups attached to an aromatic ring is 1. The second kappa shape index (κ2) is 3.82. The average molecular weight is 224 g/mol. The molecule has 0 amide bonds. The van der Waals surface area contributed by atoms with E-state index in [9.17, 15) is 0 Å². The van der Waals surface area contributed by atoms with Crippen molar-refractivity contribution in [3.05, 3.63) is 35.5 Å². The van der Waals surface area contributed by atoms with Gasteiger partial charge in [-0.05, 0) is 18.2 Å². The van der Waals surface area contributed by atoms with Crippen molar-refractivity contribution >= 4 is 17.4 Å². The zero-order valence-electron chi connectivity index (χ0n) is 8.14. The third-order valence-corrected chi connectivity index (χ3v) is 2.23. The summed E-state index contributed by atoms with van der Waals surface area (Å²) in [5.74, 6) is 1.15. The van der Waals surface area contributed by atoms with E-state index in [1.165, 1.54) is 0 Å². The Kier molecular flexibility index (Phi) is 2.51. The van der Waals surface area contributed by atoms with Crippen LogP contribution in [0.5, 0.6) is 5.75 Å². The van der Waals surface area contributed by atoms with E-state index in [1.54, 1.807) is 42.3 Å². The van der Waals surface area contributed by atoms with Gasteiger partial charge in [0.2, 0.25) is 0 Å². The minimum atomic E-state index is 0.456. The van der Waals surface area contributed by atoms with Crippen LogP contribution in [0.2, 0.25) is 5.02 Å². The van der Waals surface area contributed by atoms with Gasteiger partial charge in [-0.15, -0.1) is 0 Å². The molecule has 2 N–H and O–H groups in total. The quantitative estimate of drug-likeness (QED) is 0.849. The summed E-state index contributed by atoms with van der Waals surface area (Å²) >= 11 is 5.90. The van der Waals surface area contributed by atoms with Crippen LogP contribution in [0, 0.1) is 0 Å². The first-order chi connectivity index (χ1) is 7.20. The fourth-order valence-electron chi connectivity index (χ4n) is 1.31. The molecule has 78 valence electrons. The molecular weight excluding hydrogens is 214 g/mol. The number of aromatic nitrogens is 2. The topological polar surface area (TPSA) is 53.1 Å². The predicted molar refractivity (Wildman–Crippen MR) is 59.5 cm³/mol. The second-order valence-electron chi connectivity index (χ2n) is 3.00. The van der Waals surface area contributed by atoms with Gasteiger partial charge in [0.05, 0.1) is 7.11 Å². The predicted octanol–water partition coefficient (Wildman–Crippen LogP) is 2.12. The number of methoxy groups -OCH3 is 1. The van der Waals surface area contributed by atoms with Crippen LogP contribution in [0.15, 0.2) is 30.5 Å². The van der Waals surface area contributed by atoms with E-state index >= 15 is 0 Å². The van der Waals surface area contributed by atoms with Crippen molar-refractivity contribution in [2.45, 2.75) is 0 Å². The first kappa shape index (κ1) is 9.86. The van der Waals surface area contributed by atoms with Gasteiger partial charge in [-0.2, -0.15) is 5.10 Å². The molecule has 0 fully saturated rings. The maximum atomic E-state index is 5.90. The summed E-state index contributed by atoms with van der Waals surface area (Å²) in [7, 11) is 1.60. The standard InChI is InChI=1S/C10H10ClN3O/c1-15-9-3-2-7(11)6-8(9)14-5-4-10(12)13-14/h2-6H,1H3,(H2,12,13). The molecule has 0 spiro atoms. The molecule has 0 atom stereocenters. The summed E-state index contributed by atoms with van der Waals surface area (Å²) in [6.07, 6.45) is 1.75. The molecule has 0 aliphatic heterocycles. The molecule has 1 heterocycles. The lowest BCUT2D eigenvalue weighted by Crippen LogP contribution is -1.99. The van der Waals surface area contributed by atoms with Crippen LogP contribution in [-0.2, 0) is 0 Å². The molecule has 0 radical (unpaired) electrons. The van der Waals surface area contributed by atoms with Crippen LogP contribution in [0.4, 0.5) is 5.82 Å². The van der Waals surface area contributed by atoms with Crippen molar-refractivity contribution in [1.82, 2.24) is 9.78 Å². The Morgan fingerprint density at radius 3 is 2.80 bits per heavy atom. The highest BCUT2D eigenvalue weighted by atomic mass is 35.5. The van der Waals surface area contributed by atoms with Crippen LogP contribution < -0.4 is 10.5 Å². The summed E-state index contributed by atoms with van der Waals surface area (Å²) in [4.78, 5) is 0. The van der Waals surface area contributed by atoms with Gasteiger partial charge in [0.15, 0.2) is 0 Å². The molecule has 1 aromatic carbocycles. The maximum absolute atomic E-state index is 5.90. The lowest BCUT2D eigenvalue weighted by atomic mass is 10.3. The van der Waals surface area contributed by atoms with Crippen molar-refractivity contribution in [3.8, 4) is 11.4 Å². The van der Waals surface area contributed by atoms with Crippen molar-refractivity contribution < 1.29 is 4.74 Å². The molecule has 15 heavy (non-hydrogen) atoms. The van der Waals surface area contributed by atoms with E-state index < -0.39 is 0 Å². The Balaban J connectivity index is 2.55. The van der Waals surface area contributed by atoms with Crippen molar-refractivity contribution in [2.24, 2.45) is 0 Å². The van der Waals surface area contributed by atoms with Crippen LogP contribution in [0.3, 0.4) is 0 Å². The fraction of sp³-hybridized carbons (Fsp3) is 0.100. The van der Waals surface area contributed by atoms with E-state index in [2.05, 4.69) is 5.10 Å². The summed E-state index contributed by atoms with van der Waals surface area (Å²) in [6, 6.07) is 7.03. The third-order valence-electron chi connectivity index (χ3n) is 2.00. The van der Waals surface area contributed by atoms with Gasteiger partial charge in [-0.1, -0.05) is 11.6 Å². The number of hydrogen-bond acceptors (Lipinski definition) is 3. The highest BCUT2D eigenvalue weighted by Gasteiger charge is 2.06. The van der Waals surface area contributed by atoms with Crippen LogP contribution >= 0.6 is 11.6 Å². The molecule has 4 nitrogen and oxygen atoms in total. The zero-order chi connectivity index (χ0) is 10.8. The van der Waals surface area contributed by atoms with Crippen molar-refractivity contribution in [1.29, 1.82) is 0 Å². The Morgan fingerprint density at radius 2 is 2.20 bits per heavy atom. The smallest absolute Gasteiger partial charge is 0.145 e. The zero-order valence-corrected chi connectivity index (χ0v) is 8.90. The highest BCUT2D eigenvalue weighted by molar-refractivity contribution is 6.30. The molecule has 0 saturated carbocycles. The average Bonchev–Trinajstić information content (AvgIpc) is 2.65. The van der Waals surface area contributed by atoms with Gasteiger partial charge >= 0.3 is 0 Å². The molecule has 0 aliphatic carbocycles. The summed E-state index contributed by atoms with van der Waals surface area (Å²) in [5, 5.41) is 4.71. The normalized spacial score (nSPS) is 10.3. The van der Waals surface area contributed by atoms with E-state index in [0.29, 0.717) is 16.6 Å². The van der Waals surface area contributed by atoms with Gasteiger partial charge in [-0.25, -0.2) is 4.68 Å². The number of anilines is 1. The Labute approximate surface area is 92.2 Å². The molecule has 0 saturated heterocycles. The van der Waals surface area contributed by atoms with E-state index in [1.807, 2.05) is 0 Å². The Morgan fingerprint density at radius 1 is 1.40 bits per heavy atom. The van der Waals surface area contributed by atoms with Gasteiger partial charge in [0, 0.05) is 17.3 Å². The first-order valence-corrected chi connectivity index (χ1v) is 4.73. The first-order valence-electron chi connectivity index (χ1n) is 4.36. The number of nitrogens with two attached hydrogens (primary N) is 1. The number of hydrogen-bond donors (Lipinski definition) is 1. The van der Waals surface area contributed by atoms with Crippen molar-refractivity contribution in [3.63, 3.8) is 0 Å². The monoisotopic (exact) mass is 223 g/mol. The number of nitrogens with zero attached hydrogens (tertiary/aromatic N) is 2. The lowest BCUT2D eigenvalue weighted by Gasteiger charge is -2.08. The van der Waals surface area contributed by atoms with Gasteiger partial charge in [0.1, 0.15) is 17.3 Å². The van der Waals surface area contributed by atoms with Gasteiger partial charge in [0.25, 0.3) is 0 Å². The molecule has 2 aromatic rings. The van der Waals surface area contributed by atoms with Crippen LogP contribution in [0.25, 0.3) is 5.69 Å². The van der Waals surface area contributed by atoms with Gasteiger partial charge < -0.3 is 10.5 Å². The molecule has 1 aromatic heterocycles. The highest BCUT2D eigenvalue weighted by Crippen LogP contribution is 2.25. The second-order valence-corrected chi connectivity index (χ2v) is 3.44.